The van der Waals surface area contributed by atoms with Gasteiger partial charge in [0, 0.05) is 17.7 Å². The Balaban J connectivity index is 0.000000688. The van der Waals surface area contributed by atoms with Gasteiger partial charge in [-0.05, 0) is 31.4 Å². The van der Waals surface area contributed by atoms with Crippen molar-refractivity contribution in [1.82, 2.24) is 0 Å². The fourth-order valence-corrected chi connectivity index (χ4v) is 2.16. The predicted molar refractivity (Wildman–Crippen MR) is 100 cm³/mol. The van der Waals surface area contributed by atoms with E-state index in [-0.39, 0.29) is 12.4 Å². The second-order valence-corrected chi connectivity index (χ2v) is 5.79. The van der Waals surface area contributed by atoms with Crippen LogP contribution in [0, 0.1) is 5.92 Å². The Labute approximate surface area is 146 Å². The van der Waals surface area contributed by atoms with Crippen molar-refractivity contribution in [2.24, 2.45) is 10.9 Å². The minimum Gasteiger partial charge on any atom is -0.466 e. The zero-order chi connectivity index (χ0) is 17.8. The van der Waals surface area contributed by atoms with E-state index in [2.05, 4.69) is 25.8 Å². The van der Waals surface area contributed by atoms with Crippen molar-refractivity contribution < 1.29 is 9.53 Å². The molecule has 0 heterocycles. The molecule has 1 aliphatic rings. The van der Waals surface area contributed by atoms with Gasteiger partial charge in [-0.25, -0.2) is 0 Å². The van der Waals surface area contributed by atoms with E-state index in [9.17, 15) is 4.79 Å². The van der Waals surface area contributed by atoms with Gasteiger partial charge < -0.3 is 4.74 Å². The SMILES string of the molecule is C/C=C1/C=CC(Cl)=C(CC(=O)OCC)C1=NC.CCC(C)CC. The third-order valence-corrected chi connectivity index (χ3v) is 4.17. The third kappa shape index (κ3) is 7.65. The first-order valence-corrected chi connectivity index (χ1v) is 8.68. The minimum atomic E-state index is -0.285. The van der Waals surface area contributed by atoms with Gasteiger partial charge in [-0.1, -0.05) is 57.4 Å². The number of nitrogens with zero attached hydrogens (tertiary/aromatic N) is 1. The average Bonchev–Trinajstić information content (AvgIpc) is 2.56. The summed E-state index contributed by atoms with van der Waals surface area (Å²) in [5.41, 5.74) is 2.45. The molecule has 0 spiro atoms. The van der Waals surface area contributed by atoms with Crippen molar-refractivity contribution in [2.45, 2.75) is 53.9 Å². The normalized spacial score (nSPS) is 17.6. The Bertz CT molecular complexity index is 497. The van der Waals surface area contributed by atoms with Crippen LogP contribution in [0.4, 0.5) is 0 Å². The summed E-state index contributed by atoms with van der Waals surface area (Å²) < 4.78 is 4.92. The van der Waals surface area contributed by atoms with Gasteiger partial charge in [0.25, 0.3) is 0 Å². The molecule has 0 fully saturated rings. The summed E-state index contributed by atoms with van der Waals surface area (Å²) in [5.74, 6) is 0.651. The van der Waals surface area contributed by atoms with Gasteiger partial charge in [-0.2, -0.15) is 0 Å². The second-order valence-electron chi connectivity index (χ2n) is 5.38. The number of rotatable bonds is 5. The van der Waals surface area contributed by atoms with Gasteiger partial charge in [0.05, 0.1) is 18.7 Å². The van der Waals surface area contributed by atoms with Gasteiger partial charge in [-0.3, -0.25) is 9.79 Å². The molecule has 0 bridgehead atoms. The van der Waals surface area contributed by atoms with E-state index in [4.69, 9.17) is 16.3 Å². The fourth-order valence-electron chi connectivity index (χ4n) is 1.94. The second kappa shape index (κ2) is 12.1. The Kier molecular flexibility index (Phi) is 11.4. The summed E-state index contributed by atoms with van der Waals surface area (Å²) >= 11 is 6.10. The zero-order valence-corrected chi connectivity index (χ0v) is 16.0. The molecule has 0 atom stereocenters. The van der Waals surface area contributed by atoms with Crippen LogP contribution in [0.2, 0.25) is 0 Å². The minimum absolute atomic E-state index is 0.154. The summed E-state index contributed by atoms with van der Waals surface area (Å²) in [7, 11) is 1.69. The van der Waals surface area contributed by atoms with Gasteiger partial charge in [0.2, 0.25) is 0 Å². The van der Waals surface area contributed by atoms with Crippen molar-refractivity contribution in [3.8, 4) is 0 Å². The van der Waals surface area contributed by atoms with E-state index in [1.54, 1.807) is 20.0 Å². The summed E-state index contributed by atoms with van der Waals surface area (Å²) in [6, 6.07) is 0. The topological polar surface area (TPSA) is 38.7 Å². The molecule has 0 aromatic rings. The quantitative estimate of drug-likeness (QED) is 0.623. The predicted octanol–water partition coefficient (Wildman–Crippen LogP) is 5.46. The molecule has 0 saturated carbocycles. The number of hydrogen-bond acceptors (Lipinski definition) is 3. The standard InChI is InChI=1S/C13H16ClNO2.C6H14/c1-4-9-6-7-11(14)10(13(9)15-3)8-12(16)17-5-2;1-4-6(3)5-2/h4,6-7H,5,8H2,1-3H3;6H,4-5H2,1-3H3/b9-4-,15-13?;. The molecule has 0 N–H and O–H groups in total. The van der Waals surface area contributed by atoms with Crippen molar-refractivity contribution in [1.29, 1.82) is 0 Å². The van der Waals surface area contributed by atoms with E-state index in [0.717, 1.165) is 22.8 Å². The van der Waals surface area contributed by atoms with E-state index in [1.165, 1.54) is 12.8 Å². The lowest BCUT2D eigenvalue weighted by molar-refractivity contribution is -0.142. The first-order chi connectivity index (χ1) is 10.9. The number of halogens is 1. The monoisotopic (exact) mass is 339 g/mol. The summed E-state index contributed by atoms with van der Waals surface area (Å²) in [6.07, 6.45) is 8.42. The smallest absolute Gasteiger partial charge is 0.310 e. The molecule has 23 heavy (non-hydrogen) atoms. The Morgan fingerprint density at radius 3 is 2.30 bits per heavy atom. The Morgan fingerprint density at radius 2 is 1.91 bits per heavy atom. The average molecular weight is 340 g/mol. The molecule has 0 radical (unpaired) electrons. The number of carbonyl (C=O) groups is 1. The lowest BCUT2D eigenvalue weighted by Gasteiger charge is -2.16. The van der Waals surface area contributed by atoms with Crippen molar-refractivity contribution >= 4 is 23.3 Å². The van der Waals surface area contributed by atoms with Crippen molar-refractivity contribution in [2.75, 3.05) is 13.7 Å². The molecule has 0 unspecified atom stereocenters. The highest BCUT2D eigenvalue weighted by molar-refractivity contribution is 6.36. The molecule has 3 nitrogen and oxygen atoms in total. The number of ether oxygens (including phenoxy) is 1. The molecular weight excluding hydrogens is 310 g/mol. The number of aliphatic imine (C=N–C) groups is 1. The van der Waals surface area contributed by atoms with E-state index >= 15 is 0 Å². The van der Waals surface area contributed by atoms with Gasteiger partial charge in [-0.15, -0.1) is 0 Å². The molecule has 130 valence electrons. The molecule has 1 aliphatic carbocycles. The molecular formula is C19H30ClNO2. The number of allylic oxidation sites excluding steroid dienone is 5. The largest absolute Gasteiger partial charge is 0.466 e. The summed E-state index contributed by atoms with van der Waals surface area (Å²) in [5, 5.41) is 0.546. The van der Waals surface area contributed by atoms with Crippen molar-refractivity contribution in [3.05, 3.63) is 34.4 Å². The highest BCUT2D eigenvalue weighted by Gasteiger charge is 2.20. The van der Waals surface area contributed by atoms with Crippen LogP contribution in [0.25, 0.3) is 0 Å². The first kappa shape index (κ1) is 21.6. The maximum Gasteiger partial charge on any atom is 0.310 e. The molecule has 0 aromatic heterocycles. The number of carbonyl (C=O) groups excluding carboxylic acids is 1. The van der Waals surface area contributed by atoms with Crippen LogP contribution in [0.1, 0.15) is 53.9 Å². The number of esters is 1. The zero-order valence-electron chi connectivity index (χ0n) is 15.3. The third-order valence-electron chi connectivity index (χ3n) is 3.81. The van der Waals surface area contributed by atoms with Gasteiger partial charge in [0.15, 0.2) is 0 Å². The molecule has 0 amide bonds. The van der Waals surface area contributed by atoms with Crippen LogP contribution in [0.15, 0.2) is 39.4 Å². The van der Waals surface area contributed by atoms with Crippen LogP contribution in [0.5, 0.6) is 0 Å². The molecule has 1 rings (SSSR count). The fraction of sp³-hybridized carbons (Fsp3) is 0.579. The van der Waals surface area contributed by atoms with E-state index in [1.807, 2.05) is 19.1 Å². The lowest BCUT2D eigenvalue weighted by Crippen LogP contribution is -2.15. The summed E-state index contributed by atoms with van der Waals surface area (Å²) in [6.45, 7) is 10.8. The van der Waals surface area contributed by atoms with Crippen LogP contribution in [-0.2, 0) is 9.53 Å². The Hall–Kier alpha value is -1.35. The van der Waals surface area contributed by atoms with Gasteiger partial charge >= 0.3 is 5.97 Å². The molecule has 0 aliphatic heterocycles. The van der Waals surface area contributed by atoms with Crippen LogP contribution in [-0.4, -0.2) is 25.3 Å². The van der Waals surface area contributed by atoms with Crippen molar-refractivity contribution in [3.63, 3.8) is 0 Å². The summed E-state index contributed by atoms with van der Waals surface area (Å²) in [4.78, 5) is 15.7. The Morgan fingerprint density at radius 1 is 1.30 bits per heavy atom. The van der Waals surface area contributed by atoms with Crippen LogP contribution < -0.4 is 0 Å². The maximum absolute atomic E-state index is 11.5. The maximum atomic E-state index is 11.5. The lowest BCUT2D eigenvalue weighted by atomic mass is 9.94. The van der Waals surface area contributed by atoms with E-state index in [0.29, 0.717) is 11.6 Å². The molecule has 0 saturated heterocycles. The molecule has 4 heteroatoms. The highest BCUT2D eigenvalue weighted by atomic mass is 35.5. The van der Waals surface area contributed by atoms with Crippen LogP contribution >= 0.6 is 11.6 Å². The number of hydrogen-bond donors (Lipinski definition) is 0. The van der Waals surface area contributed by atoms with E-state index < -0.39 is 0 Å². The van der Waals surface area contributed by atoms with Crippen LogP contribution in [0.3, 0.4) is 0 Å². The van der Waals surface area contributed by atoms with Gasteiger partial charge in [0.1, 0.15) is 0 Å². The highest BCUT2D eigenvalue weighted by Crippen LogP contribution is 2.26. The first-order valence-electron chi connectivity index (χ1n) is 8.31. The molecule has 0 aromatic carbocycles.